The number of pyridine rings is 1. The number of benzene rings is 1. The number of hydrogen-bond acceptors (Lipinski definition) is 7. The lowest BCUT2D eigenvalue weighted by Gasteiger charge is -2.19. The van der Waals surface area contributed by atoms with Gasteiger partial charge < -0.3 is 10.2 Å². The fourth-order valence-electron chi connectivity index (χ4n) is 3.22. The fraction of sp³-hybridized carbons (Fsp3) is 0.345. The molecular formula is C29H37ClF3N5O2. The van der Waals surface area contributed by atoms with Crippen molar-refractivity contribution in [1.82, 2.24) is 4.98 Å². The summed E-state index contributed by atoms with van der Waals surface area (Å²) in [4.78, 5) is 34.3. The lowest BCUT2D eigenvalue weighted by molar-refractivity contribution is -0.105. The Bertz CT molecular complexity index is 1250. The number of carbonyl (C=O) groups is 2. The molecular weight excluding hydrogens is 543 g/mol. The highest BCUT2D eigenvalue weighted by Crippen LogP contribution is 2.24. The summed E-state index contributed by atoms with van der Waals surface area (Å²) < 4.78 is 35.1. The maximum absolute atomic E-state index is 11.7. The van der Waals surface area contributed by atoms with Crippen molar-refractivity contribution < 1.29 is 22.8 Å². The van der Waals surface area contributed by atoms with Crippen LogP contribution in [0.3, 0.4) is 0 Å². The van der Waals surface area contributed by atoms with Crippen molar-refractivity contribution in [3.8, 4) is 0 Å². The molecule has 1 N–H and O–H groups in total. The summed E-state index contributed by atoms with van der Waals surface area (Å²) >= 11 is 6.02. The molecule has 0 saturated carbocycles. The largest absolute Gasteiger partial charge is 0.434 e. The number of alkyl halides is 3. The molecule has 0 fully saturated rings. The molecule has 0 amide bonds. The summed E-state index contributed by atoms with van der Waals surface area (Å²) in [7, 11) is 5.92. The zero-order valence-corrected chi connectivity index (χ0v) is 24.9. The fourth-order valence-corrected chi connectivity index (χ4v) is 3.47. The molecule has 0 aliphatic heterocycles. The number of rotatable bonds is 8. The number of nitrogens with zero attached hydrogens (tertiary/aromatic N) is 4. The average Bonchev–Trinajstić information content (AvgIpc) is 2.89. The summed E-state index contributed by atoms with van der Waals surface area (Å²) in [5.41, 5.74) is 4.37. The van der Waals surface area contributed by atoms with E-state index in [4.69, 9.17) is 11.6 Å². The van der Waals surface area contributed by atoms with E-state index in [1.54, 1.807) is 43.3 Å². The number of hydrogen-bond donors (Lipinski definition) is 1. The van der Waals surface area contributed by atoms with Crippen LogP contribution in [0, 0.1) is 13.8 Å². The zero-order chi connectivity index (χ0) is 31.0. The van der Waals surface area contributed by atoms with Crippen LogP contribution in [-0.4, -0.2) is 63.3 Å². The van der Waals surface area contributed by atoms with E-state index >= 15 is 0 Å². The van der Waals surface area contributed by atoms with Gasteiger partial charge in [-0.1, -0.05) is 36.7 Å². The van der Waals surface area contributed by atoms with Crippen LogP contribution >= 0.6 is 11.6 Å². The Morgan fingerprint density at radius 3 is 2.27 bits per heavy atom. The van der Waals surface area contributed by atoms with Gasteiger partial charge in [-0.15, -0.1) is 0 Å². The van der Waals surface area contributed by atoms with Gasteiger partial charge in [0.2, 0.25) is 0 Å². The molecule has 0 aliphatic rings. The Hall–Kier alpha value is -3.79. The van der Waals surface area contributed by atoms with Crippen LogP contribution < -0.4 is 10.2 Å². The van der Waals surface area contributed by atoms with Crippen molar-refractivity contribution in [2.24, 2.45) is 9.98 Å². The predicted octanol–water partition coefficient (Wildman–Crippen LogP) is 7.09. The standard InChI is InChI=1S/C13H15ClN2O.C11H15NO.C5H7F3N2/c1-4-10(2)8-11(9-17)16(3)13-12(14)6-5-7-15-13;1-7-5-8(2)11(12-4)10(6-7)9(3)13;1-9-3-4(10-2)5(6,7)8/h5-9H,2,4H2,1,3H3;5-6,12H,1-4H3;3H,1-2H3/b11-8-;;. The topological polar surface area (TPSA) is 87.0 Å². The third-order valence-corrected chi connectivity index (χ3v) is 5.56. The number of nitrogens with one attached hydrogen (secondary N) is 1. The maximum atomic E-state index is 11.7. The second-order valence-electron chi connectivity index (χ2n) is 8.37. The van der Waals surface area contributed by atoms with Gasteiger partial charge >= 0.3 is 6.18 Å². The highest BCUT2D eigenvalue weighted by atomic mass is 35.5. The Kier molecular flexibility index (Phi) is 16.0. The highest BCUT2D eigenvalue weighted by molar-refractivity contribution is 6.33. The van der Waals surface area contributed by atoms with Gasteiger partial charge in [-0.2, -0.15) is 13.2 Å². The van der Waals surface area contributed by atoms with Crippen molar-refractivity contribution in [3.63, 3.8) is 0 Å². The minimum atomic E-state index is -4.38. The molecule has 0 bridgehead atoms. The number of anilines is 2. The van der Waals surface area contributed by atoms with Crippen molar-refractivity contribution in [2.75, 3.05) is 38.4 Å². The number of aromatic nitrogens is 1. The van der Waals surface area contributed by atoms with Crippen molar-refractivity contribution in [2.45, 2.75) is 40.3 Å². The van der Waals surface area contributed by atoms with E-state index in [1.807, 2.05) is 33.9 Å². The van der Waals surface area contributed by atoms with Gasteiger partial charge in [0, 0.05) is 45.6 Å². The van der Waals surface area contributed by atoms with E-state index in [2.05, 4.69) is 32.9 Å². The molecule has 0 saturated heterocycles. The normalized spacial score (nSPS) is 11.6. The van der Waals surface area contributed by atoms with Crippen LogP contribution in [0.5, 0.6) is 0 Å². The summed E-state index contributed by atoms with van der Waals surface area (Å²) in [6, 6.07) is 7.46. The monoisotopic (exact) mass is 579 g/mol. The van der Waals surface area contributed by atoms with Crippen molar-refractivity contribution in [1.29, 1.82) is 0 Å². The number of halogens is 4. The summed E-state index contributed by atoms with van der Waals surface area (Å²) in [6.07, 6.45) is 1.23. The van der Waals surface area contributed by atoms with Crippen LogP contribution in [0.1, 0.15) is 41.8 Å². The van der Waals surface area contributed by atoms with Crippen LogP contribution in [0.15, 0.2) is 64.4 Å². The van der Waals surface area contributed by atoms with Gasteiger partial charge in [0.25, 0.3) is 0 Å². The number of allylic oxidation sites excluding steroid dienone is 3. The average molecular weight is 580 g/mol. The van der Waals surface area contributed by atoms with Gasteiger partial charge in [0.05, 0.1) is 16.9 Å². The zero-order valence-electron chi connectivity index (χ0n) is 24.2. The van der Waals surface area contributed by atoms with Gasteiger partial charge in [-0.25, -0.2) is 4.98 Å². The minimum absolute atomic E-state index is 0.108. The quantitative estimate of drug-likeness (QED) is 0.119. The Morgan fingerprint density at radius 1 is 1.25 bits per heavy atom. The molecule has 7 nitrogen and oxygen atoms in total. The number of aldehydes is 1. The van der Waals surface area contributed by atoms with Crippen LogP contribution in [0.2, 0.25) is 5.02 Å². The number of carbonyl (C=O) groups excluding carboxylic acids is 2. The minimum Gasteiger partial charge on any atom is -0.387 e. The van der Waals surface area contributed by atoms with E-state index in [1.165, 1.54) is 7.05 Å². The Balaban J connectivity index is 0.000000593. The molecule has 0 radical (unpaired) electrons. The van der Waals surface area contributed by atoms with Gasteiger partial charge in [0.1, 0.15) is 0 Å². The van der Waals surface area contributed by atoms with Gasteiger partial charge in [-0.05, 0) is 62.6 Å². The summed E-state index contributed by atoms with van der Waals surface area (Å²) in [5, 5.41) is 3.56. The molecule has 218 valence electrons. The lowest BCUT2D eigenvalue weighted by atomic mass is 10.0. The summed E-state index contributed by atoms with van der Waals surface area (Å²) in [5.74, 6) is 0.660. The first-order valence-electron chi connectivity index (χ1n) is 12.1. The van der Waals surface area contributed by atoms with E-state index in [9.17, 15) is 22.8 Å². The van der Waals surface area contributed by atoms with E-state index < -0.39 is 11.9 Å². The number of aryl methyl sites for hydroxylation is 2. The van der Waals surface area contributed by atoms with Gasteiger partial charge in [0.15, 0.2) is 23.6 Å². The third kappa shape index (κ3) is 11.9. The molecule has 2 aromatic rings. The molecule has 1 aromatic heterocycles. The number of Topliss-reactive ketones (excluding diaryl/α,β-unsaturated/α-hetero) is 1. The number of likely N-dealkylation sites (N-methyl/N-ethyl adjacent to an activating group) is 1. The molecule has 0 aliphatic carbocycles. The highest BCUT2D eigenvalue weighted by Gasteiger charge is 2.33. The lowest BCUT2D eigenvalue weighted by Crippen LogP contribution is -2.23. The van der Waals surface area contributed by atoms with Crippen LogP contribution in [0.4, 0.5) is 24.7 Å². The second kappa shape index (κ2) is 17.7. The molecule has 1 aromatic carbocycles. The molecule has 0 atom stereocenters. The number of ketones is 1. The molecule has 2 rings (SSSR count). The number of aliphatic imine (C=N–C) groups is 2. The molecule has 1 heterocycles. The molecule has 0 unspecified atom stereocenters. The first-order chi connectivity index (χ1) is 18.7. The Morgan fingerprint density at radius 2 is 1.88 bits per heavy atom. The first-order valence-corrected chi connectivity index (χ1v) is 12.5. The van der Waals surface area contributed by atoms with Crippen LogP contribution in [0.25, 0.3) is 0 Å². The maximum Gasteiger partial charge on any atom is 0.434 e. The van der Waals surface area contributed by atoms with Crippen LogP contribution in [-0.2, 0) is 4.79 Å². The van der Waals surface area contributed by atoms with Crippen molar-refractivity contribution in [3.05, 3.63) is 76.1 Å². The SMILES string of the molecule is C=C(/C=C(/C=O)N(C)c1ncccc1Cl)CC.CN=CC(=NC)C(F)(F)F.CNc1c(C)cc(C)cc1C(C)=O. The molecule has 11 heteroatoms. The third-order valence-electron chi connectivity index (χ3n) is 5.26. The molecule has 0 spiro atoms. The predicted molar refractivity (Wildman–Crippen MR) is 161 cm³/mol. The first kappa shape index (κ1) is 36.2. The van der Waals surface area contributed by atoms with Gasteiger partial charge in [-0.3, -0.25) is 19.6 Å². The van der Waals surface area contributed by atoms with E-state index in [0.29, 0.717) is 22.8 Å². The smallest absolute Gasteiger partial charge is 0.387 e. The van der Waals surface area contributed by atoms with Crippen molar-refractivity contribution >= 4 is 47.1 Å². The Labute approximate surface area is 239 Å². The summed E-state index contributed by atoms with van der Waals surface area (Å²) in [6.45, 7) is 11.4. The van der Waals surface area contributed by atoms with E-state index in [-0.39, 0.29) is 5.78 Å². The second-order valence-corrected chi connectivity index (χ2v) is 8.78. The van der Waals surface area contributed by atoms with E-state index in [0.717, 1.165) is 47.7 Å². The molecule has 40 heavy (non-hydrogen) atoms.